The van der Waals surface area contributed by atoms with Gasteiger partial charge >= 0.3 is 0 Å². The fourth-order valence-corrected chi connectivity index (χ4v) is 4.32. The lowest BCUT2D eigenvalue weighted by atomic mass is 10.1. The summed E-state index contributed by atoms with van der Waals surface area (Å²) in [5, 5.41) is 4.07. The third-order valence-corrected chi connectivity index (χ3v) is 6.33. The van der Waals surface area contributed by atoms with E-state index in [1.54, 1.807) is 40.1 Å². The largest absolute Gasteiger partial charge is 0.494 e. The number of carbonyl (C=O) groups is 3. The van der Waals surface area contributed by atoms with Crippen molar-refractivity contribution in [1.29, 1.82) is 0 Å². The summed E-state index contributed by atoms with van der Waals surface area (Å²) in [5.41, 5.74) is 3.93. The molecule has 11 heteroatoms. The summed E-state index contributed by atoms with van der Waals surface area (Å²) < 4.78 is 22.1. The Balaban J connectivity index is 1.31. The molecule has 2 saturated heterocycles. The first-order valence-electron chi connectivity index (χ1n) is 13.1. The fourth-order valence-electron chi connectivity index (χ4n) is 4.32. The smallest absolute Gasteiger partial charge is 0.260 e. The van der Waals surface area contributed by atoms with Crippen LogP contribution >= 0.6 is 0 Å². The third kappa shape index (κ3) is 7.47. The molecular weight excluding hydrogens is 504 g/mol. The number of benzene rings is 2. The van der Waals surface area contributed by atoms with Crippen LogP contribution in [0.2, 0.25) is 0 Å². The van der Waals surface area contributed by atoms with E-state index in [1.165, 1.54) is 6.21 Å². The molecular formula is C28H34N4O7. The fraction of sp³-hybridized carbons (Fsp3) is 0.429. The molecule has 1 atom stereocenters. The highest BCUT2D eigenvalue weighted by Crippen LogP contribution is 2.29. The molecule has 0 unspecified atom stereocenters. The topological polar surface area (TPSA) is 119 Å². The number of rotatable bonds is 11. The Hall–Kier alpha value is -4.12. The third-order valence-electron chi connectivity index (χ3n) is 6.33. The Bertz CT molecular complexity index is 1180. The van der Waals surface area contributed by atoms with E-state index in [1.807, 2.05) is 26.0 Å². The van der Waals surface area contributed by atoms with E-state index in [0.29, 0.717) is 56.6 Å². The van der Waals surface area contributed by atoms with Crippen molar-refractivity contribution in [3.05, 3.63) is 48.0 Å². The van der Waals surface area contributed by atoms with Gasteiger partial charge in [0.05, 0.1) is 38.6 Å². The van der Waals surface area contributed by atoms with E-state index < -0.39 is 5.92 Å². The average Bonchev–Trinajstić information content (AvgIpc) is 3.35. The summed E-state index contributed by atoms with van der Waals surface area (Å²) in [6.07, 6.45) is 1.60. The molecule has 208 valence electrons. The molecule has 2 aromatic carbocycles. The van der Waals surface area contributed by atoms with Gasteiger partial charge < -0.3 is 28.7 Å². The van der Waals surface area contributed by atoms with Crippen LogP contribution in [-0.4, -0.2) is 81.5 Å². The van der Waals surface area contributed by atoms with Crippen LogP contribution in [0.3, 0.4) is 0 Å². The van der Waals surface area contributed by atoms with Gasteiger partial charge in [-0.3, -0.25) is 14.4 Å². The second kappa shape index (κ2) is 13.6. The van der Waals surface area contributed by atoms with Crippen LogP contribution in [0.1, 0.15) is 25.8 Å². The molecule has 0 saturated carbocycles. The number of hydrogen-bond donors (Lipinski definition) is 1. The Labute approximate surface area is 227 Å². The number of hydrazone groups is 1. The molecule has 3 amide bonds. The van der Waals surface area contributed by atoms with Crippen LogP contribution in [0.25, 0.3) is 0 Å². The average molecular weight is 539 g/mol. The van der Waals surface area contributed by atoms with Crippen LogP contribution in [0.15, 0.2) is 47.6 Å². The number of morpholine rings is 1. The van der Waals surface area contributed by atoms with Crippen molar-refractivity contribution in [1.82, 2.24) is 10.3 Å². The maximum absolute atomic E-state index is 12.7. The van der Waals surface area contributed by atoms with Gasteiger partial charge in [-0.05, 0) is 61.9 Å². The molecule has 1 N–H and O–H groups in total. The maximum atomic E-state index is 12.7. The molecule has 11 nitrogen and oxygen atoms in total. The molecule has 0 bridgehead atoms. The highest BCUT2D eigenvalue weighted by Gasteiger charge is 2.35. The maximum Gasteiger partial charge on any atom is 0.260 e. The summed E-state index contributed by atoms with van der Waals surface area (Å²) in [4.78, 5) is 40.9. The monoisotopic (exact) mass is 538 g/mol. The van der Waals surface area contributed by atoms with E-state index in [0.717, 1.165) is 11.4 Å². The zero-order valence-corrected chi connectivity index (χ0v) is 22.3. The van der Waals surface area contributed by atoms with Gasteiger partial charge in [0.15, 0.2) is 18.1 Å². The van der Waals surface area contributed by atoms with Crippen LogP contribution in [0.4, 0.5) is 5.69 Å². The molecule has 4 rings (SSSR count). The minimum Gasteiger partial charge on any atom is -0.494 e. The summed E-state index contributed by atoms with van der Waals surface area (Å²) in [7, 11) is 0. The number of hydrogen-bond acceptors (Lipinski definition) is 8. The summed E-state index contributed by atoms with van der Waals surface area (Å²) in [6.45, 7) is 7.06. The summed E-state index contributed by atoms with van der Waals surface area (Å²) in [6, 6.07) is 12.4. The van der Waals surface area contributed by atoms with Crippen molar-refractivity contribution in [2.45, 2.75) is 20.3 Å². The quantitative estimate of drug-likeness (QED) is 0.344. The normalized spacial score (nSPS) is 17.4. The first-order chi connectivity index (χ1) is 19.0. The van der Waals surface area contributed by atoms with Gasteiger partial charge in [-0.2, -0.15) is 5.10 Å². The van der Waals surface area contributed by atoms with Crippen molar-refractivity contribution in [3.63, 3.8) is 0 Å². The molecule has 2 fully saturated rings. The van der Waals surface area contributed by atoms with Crippen LogP contribution in [-0.2, 0) is 19.1 Å². The zero-order chi connectivity index (χ0) is 27.6. The number of amides is 3. The highest BCUT2D eigenvalue weighted by molar-refractivity contribution is 6.00. The number of ether oxygens (including phenoxy) is 4. The molecule has 0 aliphatic carbocycles. The lowest BCUT2D eigenvalue weighted by Crippen LogP contribution is -2.43. The van der Waals surface area contributed by atoms with Crippen LogP contribution in [0.5, 0.6) is 17.2 Å². The van der Waals surface area contributed by atoms with E-state index >= 15 is 0 Å². The van der Waals surface area contributed by atoms with Crippen LogP contribution in [0, 0.1) is 5.92 Å². The van der Waals surface area contributed by atoms with E-state index in [9.17, 15) is 14.4 Å². The van der Waals surface area contributed by atoms with E-state index in [2.05, 4.69) is 10.5 Å². The standard InChI is InChI=1S/C28H34N4O7/c1-3-37-23-8-6-22(7-9-23)32-18-21(16-26(32)33)28(35)30-29-17-20-5-10-24(25(15-20)38-4-2)39-19-27(34)31-11-13-36-14-12-31/h5-10,15,17,21H,3-4,11-14,16,18-19H2,1-2H3,(H,30,35)/b29-17-/t21-/m0/s1. The molecule has 2 aliphatic rings. The summed E-state index contributed by atoms with van der Waals surface area (Å²) >= 11 is 0. The van der Waals surface area contributed by atoms with Gasteiger partial charge in [-0.1, -0.05) is 0 Å². The number of nitrogens with one attached hydrogen (secondary N) is 1. The van der Waals surface area contributed by atoms with Gasteiger partial charge in [0.25, 0.3) is 5.91 Å². The number of anilines is 1. The van der Waals surface area contributed by atoms with Crippen molar-refractivity contribution in [2.24, 2.45) is 11.0 Å². The van der Waals surface area contributed by atoms with Crippen molar-refractivity contribution in [2.75, 3.05) is 57.6 Å². The van der Waals surface area contributed by atoms with Crippen molar-refractivity contribution < 1.29 is 33.3 Å². The second-order valence-electron chi connectivity index (χ2n) is 8.99. The number of nitrogens with zero attached hydrogens (tertiary/aromatic N) is 3. The molecule has 0 aromatic heterocycles. The molecule has 39 heavy (non-hydrogen) atoms. The van der Waals surface area contributed by atoms with Gasteiger partial charge in [-0.15, -0.1) is 0 Å². The Morgan fingerprint density at radius 3 is 2.49 bits per heavy atom. The number of carbonyl (C=O) groups excluding carboxylic acids is 3. The lowest BCUT2D eigenvalue weighted by molar-refractivity contribution is -0.137. The van der Waals surface area contributed by atoms with Crippen LogP contribution < -0.4 is 24.5 Å². The second-order valence-corrected chi connectivity index (χ2v) is 8.99. The van der Waals surface area contributed by atoms with Crippen molar-refractivity contribution >= 4 is 29.6 Å². The molecule has 2 aliphatic heterocycles. The van der Waals surface area contributed by atoms with Gasteiger partial charge in [0, 0.05) is 31.7 Å². The van der Waals surface area contributed by atoms with Gasteiger partial charge in [0.2, 0.25) is 11.8 Å². The molecule has 2 heterocycles. The minimum absolute atomic E-state index is 0.0998. The van der Waals surface area contributed by atoms with Gasteiger partial charge in [-0.25, -0.2) is 5.43 Å². The predicted molar refractivity (Wildman–Crippen MR) is 144 cm³/mol. The SMILES string of the molecule is CCOc1ccc(N2C[C@@H](C(=O)N/N=C\c3ccc(OCC(=O)N4CCOCC4)c(OCC)c3)CC2=O)cc1. The van der Waals surface area contributed by atoms with Crippen molar-refractivity contribution in [3.8, 4) is 17.2 Å². The predicted octanol–water partition coefficient (Wildman–Crippen LogP) is 2.22. The summed E-state index contributed by atoms with van der Waals surface area (Å²) in [5.74, 6) is 0.561. The lowest BCUT2D eigenvalue weighted by Gasteiger charge is -2.26. The first kappa shape index (κ1) is 27.9. The minimum atomic E-state index is -0.514. The first-order valence-corrected chi connectivity index (χ1v) is 13.1. The highest BCUT2D eigenvalue weighted by atomic mass is 16.5. The Morgan fingerprint density at radius 1 is 1.03 bits per heavy atom. The molecule has 0 radical (unpaired) electrons. The molecule has 2 aromatic rings. The molecule has 0 spiro atoms. The zero-order valence-electron chi connectivity index (χ0n) is 22.3. The Kier molecular flexibility index (Phi) is 9.74. The van der Waals surface area contributed by atoms with E-state index in [-0.39, 0.29) is 37.3 Å². The Morgan fingerprint density at radius 2 is 1.77 bits per heavy atom. The van der Waals surface area contributed by atoms with Gasteiger partial charge in [0.1, 0.15) is 5.75 Å². The van der Waals surface area contributed by atoms with E-state index in [4.69, 9.17) is 18.9 Å².